The number of ether oxygens (including phenoxy) is 1. The maximum Gasteiger partial charge on any atom is 0.264 e. The van der Waals surface area contributed by atoms with E-state index in [1.165, 1.54) is 5.56 Å². The molecule has 0 spiro atoms. The molecule has 1 aromatic carbocycles. The van der Waals surface area contributed by atoms with Gasteiger partial charge in [0.2, 0.25) is 0 Å². The molecule has 0 radical (unpaired) electrons. The molecule has 0 aromatic heterocycles. The van der Waals surface area contributed by atoms with E-state index >= 15 is 0 Å². The Bertz CT molecular complexity index is 491. The van der Waals surface area contributed by atoms with Gasteiger partial charge in [-0.15, -0.1) is 0 Å². The summed E-state index contributed by atoms with van der Waals surface area (Å²) in [5, 5.41) is 8.47. The third-order valence-corrected chi connectivity index (χ3v) is 3.11. The molecule has 0 saturated carbocycles. The Balaban J connectivity index is 2.07. The highest BCUT2D eigenvalue weighted by Gasteiger charge is 2.21. The predicted octanol–water partition coefficient (Wildman–Crippen LogP) is 2.28. The molecule has 1 aliphatic heterocycles. The van der Waals surface area contributed by atoms with E-state index in [-0.39, 0.29) is 12.5 Å². The Labute approximate surface area is 107 Å². The third-order valence-electron chi connectivity index (χ3n) is 3.11. The molecule has 0 aliphatic carbocycles. The van der Waals surface area contributed by atoms with Crippen LogP contribution in [0.4, 0.5) is 5.69 Å². The maximum atomic E-state index is 11.5. The molecule has 18 heavy (non-hydrogen) atoms. The van der Waals surface area contributed by atoms with Gasteiger partial charge in [0.15, 0.2) is 6.61 Å². The first-order valence-corrected chi connectivity index (χ1v) is 6.11. The van der Waals surface area contributed by atoms with Crippen LogP contribution >= 0.6 is 0 Å². The quantitative estimate of drug-likeness (QED) is 0.763. The summed E-state index contributed by atoms with van der Waals surface area (Å²) in [5.74, 6) is 0.738. The van der Waals surface area contributed by atoms with E-state index in [0.717, 1.165) is 30.7 Å². The number of nitriles is 1. The summed E-state index contributed by atoms with van der Waals surface area (Å²) in [5.41, 5.74) is 2.01. The van der Waals surface area contributed by atoms with E-state index in [4.69, 9.17) is 10.00 Å². The SMILES string of the molecule is CN1C(=O)COc2ccc(CCCCC#N)cc21. The summed E-state index contributed by atoms with van der Waals surface area (Å²) < 4.78 is 5.37. The van der Waals surface area contributed by atoms with Crippen LogP contribution in [-0.4, -0.2) is 19.6 Å². The minimum atomic E-state index is -0.0240. The van der Waals surface area contributed by atoms with Gasteiger partial charge in [-0.2, -0.15) is 5.26 Å². The largest absolute Gasteiger partial charge is 0.482 e. The molecule has 0 bridgehead atoms. The van der Waals surface area contributed by atoms with Crippen LogP contribution in [0.1, 0.15) is 24.8 Å². The lowest BCUT2D eigenvalue weighted by molar-refractivity contribution is -0.120. The number of rotatable bonds is 4. The van der Waals surface area contributed by atoms with Crippen molar-refractivity contribution < 1.29 is 9.53 Å². The molecule has 0 unspecified atom stereocenters. The van der Waals surface area contributed by atoms with E-state index < -0.39 is 0 Å². The average Bonchev–Trinajstić information content (AvgIpc) is 2.39. The molecular formula is C14H16N2O2. The number of amides is 1. The fourth-order valence-electron chi connectivity index (χ4n) is 2.01. The second-order valence-electron chi connectivity index (χ2n) is 4.41. The fourth-order valence-corrected chi connectivity index (χ4v) is 2.01. The molecule has 1 heterocycles. The molecule has 0 N–H and O–H groups in total. The van der Waals surface area contributed by atoms with Crippen LogP contribution in [0.2, 0.25) is 0 Å². The molecule has 1 aromatic rings. The Morgan fingerprint density at radius 3 is 3.06 bits per heavy atom. The highest BCUT2D eigenvalue weighted by Crippen LogP contribution is 2.32. The molecule has 1 aliphatic rings. The zero-order chi connectivity index (χ0) is 13.0. The Hall–Kier alpha value is -2.02. The van der Waals surface area contributed by atoms with Crippen LogP contribution in [0.15, 0.2) is 18.2 Å². The topological polar surface area (TPSA) is 53.3 Å². The van der Waals surface area contributed by atoms with Crippen LogP contribution in [0, 0.1) is 11.3 Å². The second-order valence-corrected chi connectivity index (χ2v) is 4.41. The number of nitrogens with zero attached hydrogens (tertiary/aromatic N) is 2. The lowest BCUT2D eigenvalue weighted by Crippen LogP contribution is -2.35. The molecule has 0 fully saturated rings. The van der Waals surface area contributed by atoms with Crippen LogP contribution in [0.25, 0.3) is 0 Å². The lowest BCUT2D eigenvalue weighted by atomic mass is 10.1. The molecular weight excluding hydrogens is 228 g/mol. The Morgan fingerprint density at radius 1 is 1.44 bits per heavy atom. The number of hydrogen-bond acceptors (Lipinski definition) is 3. The number of benzene rings is 1. The van der Waals surface area contributed by atoms with E-state index in [1.54, 1.807) is 11.9 Å². The number of anilines is 1. The smallest absolute Gasteiger partial charge is 0.264 e. The van der Waals surface area contributed by atoms with E-state index in [1.807, 2.05) is 18.2 Å². The van der Waals surface area contributed by atoms with Gasteiger partial charge < -0.3 is 9.64 Å². The van der Waals surface area contributed by atoms with Gasteiger partial charge in [-0.1, -0.05) is 6.07 Å². The summed E-state index contributed by atoms with van der Waals surface area (Å²) in [7, 11) is 1.77. The molecule has 4 heteroatoms. The predicted molar refractivity (Wildman–Crippen MR) is 68.5 cm³/mol. The van der Waals surface area contributed by atoms with Crippen LogP contribution < -0.4 is 9.64 Å². The third kappa shape index (κ3) is 2.62. The number of hydrogen-bond donors (Lipinski definition) is 0. The minimum Gasteiger partial charge on any atom is -0.482 e. The second kappa shape index (κ2) is 5.54. The van der Waals surface area contributed by atoms with Crippen molar-refractivity contribution in [2.24, 2.45) is 0 Å². The van der Waals surface area contributed by atoms with Crippen molar-refractivity contribution in [2.75, 3.05) is 18.6 Å². The van der Waals surface area contributed by atoms with Gasteiger partial charge in [-0.25, -0.2) is 0 Å². The highest BCUT2D eigenvalue weighted by atomic mass is 16.5. The molecule has 4 nitrogen and oxygen atoms in total. The van der Waals surface area contributed by atoms with Gasteiger partial charge in [0.25, 0.3) is 5.91 Å². The Kier molecular flexibility index (Phi) is 3.83. The van der Waals surface area contributed by atoms with Gasteiger partial charge in [-0.3, -0.25) is 4.79 Å². The normalized spacial score (nSPS) is 13.8. The fraction of sp³-hybridized carbons (Fsp3) is 0.429. The summed E-state index contributed by atoms with van der Waals surface area (Å²) in [6.07, 6.45) is 3.44. The number of unbranched alkanes of at least 4 members (excludes halogenated alkanes) is 2. The van der Waals surface area contributed by atoms with Crippen molar-refractivity contribution in [3.63, 3.8) is 0 Å². The van der Waals surface area contributed by atoms with Crippen molar-refractivity contribution in [1.82, 2.24) is 0 Å². The van der Waals surface area contributed by atoms with E-state index in [2.05, 4.69) is 6.07 Å². The van der Waals surface area contributed by atoms with Crippen molar-refractivity contribution in [1.29, 1.82) is 5.26 Å². The van der Waals surface area contributed by atoms with Gasteiger partial charge in [-0.05, 0) is 37.0 Å². The number of likely N-dealkylation sites (N-methyl/N-ethyl adjacent to an activating group) is 1. The van der Waals surface area contributed by atoms with Crippen LogP contribution in [-0.2, 0) is 11.2 Å². The number of aryl methyl sites for hydroxylation is 1. The standard InChI is InChI=1S/C14H16N2O2/c1-16-12-9-11(5-3-2-4-8-15)6-7-13(12)18-10-14(16)17/h6-7,9H,2-5,10H2,1H3. The number of carbonyl (C=O) groups excluding carboxylic acids is 1. The molecule has 0 saturated heterocycles. The van der Waals surface area contributed by atoms with Gasteiger partial charge in [0.05, 0.1) is 11.8 Å². The summed E-state index contributed by atoms with van der Waals surface area (Å²) in [6, 6.07) is 8.08. The average molecular weight is 244 g/mol. The van der Waals surface area contributed by atoms with Gasteiger partial charge >= 0.3 is 0 Å². The van der Waals surface area contributed by atoms with E-state index in [0.29, 0.717) is 6.42 Å². The van der Waals surface area contributed by atoms with Crippen molar-refractivity contribution in [3.05, 3.63) is 23.8 Å². The van der Waals surface area contributed by atoms with Gasteiger partial charge in [0.1, 0.15) is 5.75 Å². The van der Waals surface area contributed by atoms with Gasteiger partial charge in [0, 0.05) is 13.5 Å². The first-order chi connectivity index (χ1) is 8.72. The highest BCUT2D eigenvalue weighted by molar-refractivity contribution is 5.97. The first kappa shape index (κ1) is 12.4. The molecule has 1 amide bonds. The van der Waals surface area contributed by atoms with E-state index in [9.17, 15) is 4.79 Å². The van der Waals surface area contributed by atoms with Crippen molar-refractivity contribution in [2.45, 2.75) is 25.7 Å². The van der Waals surface area contributed by atoms with Crippen LogP contribution in [0.3, 0.4) is 0 Å². The zero-order valence-electron chi connectivity index (χ0n) is 10.5. The molecule has 94 valence electrons. The van der Waals surface area contributed by atoms with Crippen LogP contribution in [0.5, 0.6) is 5.75 Å². The summed E-state index contributed by atoms with van der Waals surface area (Å²) in [4.78, 5) is 13.2. The zero-order valence-corrected chi connectivity index (χ0v) is 10.5. The Morgan fingerprint density at radius 2 is 2.28 bits per heavy atom. The summed E-state index contributed by atoms with van der Waals surface area (Å²) in [6.45, 7) is 0.116. The monoisotopic (exact) mass is 244 g/mol. The molecule has 2 rings (SSSR count). The lowest BCUT2D eigenvalue weighted by Gasteiger charge is -2.26. The molecule has 0 atom stereocenters. The van der Waals surface area contributed by atoms with Crippen molar-refractivity contribution >= 4 is 11.6 Å². The first-order valence-electron chi connectivity index (χ1n) is 6.11. The number of fused-ring (bicyclic) bond motifs is 1. The summed E-state index contributed by atoms with van der Waals surface area (Å²) >= 11 is 0. The van der Waals surface area contributed by atoms with Crippen molar-refractivity contribution in [3.8, 4) is 11.8 Å². The number of carbonyl (C=O) groups is 1. The minimum absolute atomic E-state index is 0.0240. The maximum absolute atomic E-state index is 11.5.